The van der Waals surface area contributed by atoms with Gasteiger partial charge in [0.2, 0.25) is 0 Å². The maximum atomic E-state index is 8.35. The number of aryl methyl sites for hydroxylation is 1. The van der Waals surface area contributed by atoms with Crippen LogP contribution in [0.15, 0.2) is 6.33 Å². The lowest BCUT2D eigenvalue weighted by molar-refractivity contribution is 0.869. The SMILES string of the molecule is Cc1c(CC#N)ncn1C. The van der Waals surface area contributed by atoms with Crippen LogP contribution >= 0.6 is 0 Å². The van der Waals surface area contributed by atoms with Gasteiger partial charge in [0.1, 0.15) is 0 Å². The Morgan fingerprint density at radius 2 is 2.50 bits per heavy atom. The van der Waals surface area contributed by atoms with E-state index in [0.29, 0.717) is 6.42 Å². The maximum Gasteiger partial charge on any atom is 0.0949 e. The zero-order valence-electron chi connectivity index (χ0n) is 6.13. The summed E-state index contributed by atoms with van der Waals surface area (Å²) < 4.78 is 1.91. The van der Waals surface area contributed by atoms with E-state index in [1.807, 2.05) is 18.5 Å². The second-order valence-electron chi connectivity index (χ2n) is 2.22. The maximum absolute atomic E-state index is 8.35. The number of aromatic nitrogens is 2. The summed E-state index contributed by atoms with van der Waals surface area (Å²) in [4.78, 5) is 4.05. The molecule has 0 aliphatic heterocycles. The second kappa shape index (κ2) is 2.53. The lowest BCUT2D eigenvalue weighted by Crippen LogP contribution is -1.90. The van der Waals surface area contributed by atoms with E-state index >= 15 is 0 Å². The van der Waals surface area contributed by atoms with Gasteiger partial charge in [-0.05, 0) is 6.92 Å². The average molecular weight is 135 g/mol. The lowest BCUT2D eigenvalue weighted by atomic mass is 10.3. The molecule has 10 heavy (non-hydrogen) atoms. The van der Waals surface area contributed by atoms with Crippen LogP contribution < -0.4 is 0 Å². The molecule has 1 aromatic rings. The summed E-state index contributed by atoms with van der Waals surface area (Å²) in [5, 5.41) is 8.35. The Morgan fingerprint density at radius 3 is 2.90 bits per heavy atom. The van der Waals surface area contributed by atoms with E-state index in [4.69, 9.17) is 5.26 Å². The Balaban J connectivity index is 2.96. The van der Waals surface area contributed by atoms with Gasteiger partial charge in [0.05, 0.1) is 24.5 Å². The zero-order chi connectivity index (χ0) is 7.56. The fourth-order valence-corrected chi connectivity index (χ4v) is 0.788. The van der Waals surface area contributed by atoms with Gasteiger partial charge in [-0.2, -0.15) is 5.26 Å². The smallest absolute Gasteiger partial charge is 0.0949 e. The standard InChI is InChI=1S/C7H9N3/c1-6-7(3-4-8)9-5-10(6)2/h5H,3H2,1-2H3. The number of rotatable bonds is 1. The molecule has 0 bridgehead atoms. The highest BCUT2D eigenvalue weighted by Gasteiger charge is 2.00. The van der Waals surface area contributed by atoms with Gasteiger partial charge < -0.3 is 4.57 Å². The van der Waals surface area contributed by atoms with Gasteiger partial charge in [-0.3, -0.25) is 0 Å². The van der Waals surface area contributed by atoms with Crippen molar-refractivity contribution >= 4 is 0 Å². The normalized spacial score (nSPS) is 9.30. The van der Waals surface area contributed by atoms with Crippen molar-refractivity contribution in [2.45, 2.75) is 13.3 Å². The van der Waals surface area contributed by atoms with E-state index in [0.717, 1.165) is 11.4 Å². The van der Waals surface area contributed by atoms with Crippen LogP contribution in [0.2, 0.25) is 0 Å². The topological polar surface area (TPSA) is 41.6 Å². The Bertz CT molecular complexity index is 267. The summed E-state index contributed by atoms with van der Waals surface area (Å²) in [7, 11) is 1.92. The van der Waals surface area contributed by atoms with Gasteiger partial charge in [-0.1, -0.05) is 0 Å². The largest absolute Gasteiger partial charge is 0.338 e. The van der Waals surface area contributed by atoms with E-state index in [1.165, 1.54) is 0 Å². The number of imidazole rings is 1. The fraction of sp³-hybridized carbons (Fsp3) is 0.429. The van der Waals surface area contributed by atoms with Gasteiger partial charge in [0.15, 0.2) is 0 Å². The Labute approximate surface area is 59.9 Å². The summed E-state index contributed by atoms with van der Waals surface area (Å²) >= 11 is 0. The van der Waals surface area contributed by atoms with Gasteiger partial charge in [-0.25, -0.2) is 4.98 Å². The van der Waals surface area contributed by atoms with E-state index in [-0.39, 0.29) is 0 Å². The molecule has 0 amide bonds. The molecular weight excluding hydrogens is 126 g/mol. The molecule has 0 aromatic carbocycles. The van der Waals surface area contributed by atoms with E-state index in [1.54, 1.807) is 6.33 Å². The molecule has 0 spiro atoms. The van der Waals surface area contributed by atoms with Crippen LogP contribution in [-0.4, -0.2) is 9.55 Å². The van der Waals surface area contributed by atoms with E-state index in [2.05, 4.69) is 11.1 Å². The average Bonchev–Trinajstić information content (AvgIpc) is 2.20. The molecule has 0 radical (unpaired) electrons. The van der Waals surface area contributed by atoms with Crippen molar-refractivity contribution in [3.8, 4) is 6.07 Å². The Morgan fingerprint density at radius 1 is 1.80 bits per heavy atom. The predicted octanol–water partition coefficient (Wildman–Crippen LogP) is 0.795. The van der Waals surface area contributed by atoms with Crippen LogP contribution in [0.25, 0.3) is 0 Å². The van der Waals surface area contributed by atoms with Crippen molar-refractivity contribution in [3.63, 3.8) is 0 Å². The van der Waals surface area contributed by atoms with Crippen molar-refractivity contribution in [2.75, 3.05) is 0 Å². The quantitative estimate of drug-likeness (QED) is 0.571. The molecule has 0 N–H and O–H groups in total. The molecule has 0 unspecified atom stereocenters. The summed E-state index contributed by atoms with van der Waals surface area (Å²) in [5.41, 5.74) is 1.95. The second-order valence-corrected chi connectivity index (χ2v) is 2.22. The summed E-state index contributed by atoms with van der Waals surface area (Å²) in [6, 6.07) is 2.06. The first-order valence-corrected chi connectivity index (χ1v) is 3.09. The molecule has 0 saturated heterocycles. The van der Waals surface area contributed by atoms with Crippen molar-refractivity contribution in [1.29, 1.82) is 5.26 Å². The van der Waals surface area contributed by atoms with E-state index < -0.39 is 0 Å². The first-order valence-electron chi connectivity index (χ1n) is 3.09. The molecule has 52 valence electrons. The lowest BCUT2D eigenvalue weighted by Gasteiger charge is -1.92. The van der Waals surface area contributed by atoms with Crippen molar-refractivity contribution in [2.24, 2.45) is 7.05 Å². The highest BCUT2D eigenvalue weighted by molar-refractivity contribution is 5.14. The minimum Gasteiger partial charge on any atom is -0.338 e. The van der Waals surface area contributed by atoms with E-state index in [9.17, 15) is 0 Å². The van der Waals surface area contributed by atoms with Crippen LogP contribution in [-0.2, 0) is 13.5 Å². The van der Waals surface area contributed by atoms with Crippen LogP contribution in [0.3, 0.4) is 0 Å². The van der Waals surface area contributed by atoms with Crippen molar-refractivity contribution < 1.29 is 0 Å². The monoisotopic (exact) mass is 135 g/mol. The minimum absolute atomic E-state index is 0.409. The third-order valence-electron chi connectivity index (χ3n) is 1.58. The van der Waals surface area contributed by atoms with Crippen molar-refractivity contribution in [1.82, 2.24) is 9.55 Å². The van der Waals surface area contributed by atoms with Crippen LogP contribution in [0.5, 0.6) is 0 Å². The van der Waals surface area contributed by atoms with Crippen LogP contribution in [0.4, 0.5) is 0 Å². The Kier molecular flexibility index (Phi) is 1.72. The molecule has 0 fully saturated rings. The number of nitriles is 1. The summed E-state index contributed by atoms with van der Waals surface area (Å²) in [6.07, 6.45) is 2.13. The molecule has 0 aliphatic carbocycles. The van der Waals surface area contributed by atoms with Crippen LogP contribution in [0, 0.1) is 18.3 Å². The highest BCUT2D eigenvalue weighted by atomic mass is 15.0. The summed E-state index contributed by atoms with van der Waals surface area (Å²) in [5.74, 6) is 0. The molecule has 1 rings (SSSR count). The number of nitrogens with zero attached hydrogens (tertiary/aromatic N) is 3. The van der Waals surface area contributed by atoms with Gasteiger partial charge >= 0.3 is 0 Å². The van der Waals surface area contributed by atoms with Gasteiger partial charge in [-0.15, -0.1) is 0 Å². The van der Waals surface area contributed by atoms with Gasteiger partial charge in [0.25, 0.3) is 0 Å². The molecule has 0 aliphatic rings. The van der Waals surface area contributed by atoms with Crippen molar-refractivity contribution in [3.05, 3.63) is 17.7 Å². The molecule has 0 atom stereocenters. The zero-order valence-corrected chi connectivity index (χ0v) is 6.13. The molecule has 0 saturated carbocycles. The molecule has 3 heteroatoms. The molecule has 1 heterocycles. The fourth-order valence-electron chi connectivity index (χ4n) is 0.788. The summed E-state index contributed by atoms with van der Waals surface area (Å²) in [6.45, 7) is 1.96. The third kappa shape index (κ3) is 1.01. The number of hydrogen-bond acceptors (Lipinski definition) is 2. The third-order valence-corrected chi connectivity index (χ3v) is 1.58. The van der Waals surface area contributed by atoms with Crippen LogP contribution in [0.1, 0.15) is 11.4 Å². The minimum atomic E-state index is 0.409. The Hall–Kier alpha value is -1.30. The molecule has 1 aromatic heterocycles. The number of hydrogen-bond donors (Lipinski definition) is 0. The molecule has 3 nitrogen and oxygen atoms in total. The first kappa shape index (κ1) is 6.81. The highest BCUT2D eigenvalue weighted by Crippen LogP contribution is 2.03. The molecular formula is C7H9N3. The van der Waals surface area contributed by atoms with Gasteiger partial charge in [0, 0.05) is 12.7 Å². The predicted molar refractivity (Wildman–Crippen MR) is 37.3 cm³/mol. The first-order chi connectivity index (χ1) is 4.75.